The molecule has 106 valence electrons. The molecule has 1 aliphatic heterocycles. The molecule has 20 heavy (non-hydrogen) atoms. The Bertz CT molecular complexity index is 585. The van der Waals surface area contributed by atoms with Gasteiger partial charge in [0.25, 0.3) is 0 Å². The van der Waals surface area contributed by atoms with Crippen LogP contribution in [-0.2, 0) is 6.54 Å². The number of nitrogens with one attached hydrogen (secondary N) is 1. The molecule has 1 fully saturated rings. The number of nitrogens with zero attached hydrogens (tertiary/aromatic N) is 2. The van der Waals surface area contributed by atoms with Gasteiger partial charge >= 0.3 is 0 Å². The van der Waals surface area contributed by atoms with Gasteiger partial charge in [-0.15, -0.1) is 0 Å². The van der Waals surface area contributed by atoms with Crippen LogP contribution in [0.15, 0.2) is 34.9 Å². The third-order valence-corrected chi connectivity index (χ3v) is 4.56. The molecule has 1 aliphatic rings. The fraction of sp³-hybridized carbons (Fsp3) is 0.438. The molecule has 1 N–H and O–H groups in total. The van der Waals surface area contributed by atoms with Crippen molar-refractivity contribution in [3.8, 4) is 11.1 Å². The van der Waals surface area contributed by atoms with Gasteiger partial charge < -0.3 is 5.32 Å². The summed E-state index contributed by atoms with van der Waals surface area (Å²) in [6, 6.07) is 8.41. The highest BCUT2D eigenvalue weighted by Crippen LogP contribution is 2.26. The zero-order valence-electron chi connectivity index (χ0n) is 11.8. The van der Waals surface area contributed by atoms with Crippen LogP contribution >= 0.6 is 15.9 Å². The number of halogens is 1. The smallest absolute Gasteiger partial charge is 0.0571 e. The van der Waals surface area contributed by atoms with Gasteiger partial charge in [-0.2, -0.15) is 5.10 Å². The molecule has 1 aromatic heterocycles. The van der Waals surface area contributed by atoms with E-state index in [0.29, 0.717) is 5.92 Å². The first-order valence-electron chi connectivity index (χ1n) is 7.23. The SMILES string of the molecule is Cc1c(-c2cccc(Br)c2)cnn1CC1CCCNC1. The summed E-state index contributed by atoms with van der Waals surface area (Å²) in [5, 5.41) is 8.06. The third kappa shape index (κ3) is 2.96. The standard InChI is InChI=1S/C16H20BrN3/c1-12-16(14-5-2-6-15(17)8-14)10-19-20(12)11-13-4-3-7-18-9-13/h2,5-6,8,10,13,18H,3-4,7,9,11H2,1H3. The summed E-state index contributed by atoms with van der Waals surface area (Å²) in [4.78, 5) is 0. The fourth-order valence-electron chi connectivity index (χ4n) is 2.89. The topological polar surface area (TPSA) is 29.9 Å². The summed E-state index contributed by atoms with van der Waals surface area (Å²) in [6.45, 7) is 5.47. The second-order valence-corrected chi connectivity index (χ2v) is 6.46. The predicted molar refractivity (Wildman–Crippen MR) is 85.7 cm³/mol. The average Bonchev–Trinajstić information content (AvgIpc) is 2.81. The van der Waals surface area contributed by atoms with Crippen molar-refractivity contribution < 1.29 is 0 Å². The number of rotatable bonds is 3. The number of aromatic nitrogens is 2. The maximum atomic E-state index is 4.59. The second-order valence-electron chi connectivity index (χ2n) is 5.55. The molecule has 0 bridgehead atoms. The van der Waals surface area contributed by atoms with E-state index in [1.54, 1.807) is 0 Å². The van der Waals surface area contributed by atoms with Crippen LogP contribution in [0.1, 0.15) is 18.5 Å². The molecular formula is C16H20BrN3. The lowest BCUT2D eigenvalue weighted by Gasteiger charge is -2.23. The third-order valence-electron chi connectivity index (χ3n) is 4.07. The summed E-state index contributed by atoms with van der Waals surface area (Å²) in [5.74, 6) is 0.706. The van der Waals surface area contributed by atoms with Gasteiger partial charge in [-0.1, -0.05) is 28.1 Å². The maximum absolute atomic E-state index is 4.59. The van der Waals surface area contributed by atoms with E-state index in [2.05, 4.69) is 62.2 Å². The number of hydrogen-bond donors (Lipinski definition) is 1. The van der Waals surface area contributed by atoms with E-state index in [9.17, 15) is 0 Å². The van der Waals surface area contributed by atoms with E-state index in [1.165, 1.54) is 29.7 Å². The molecule has 0 amide bonds. The van der Waals surface area contributed by atoms with Gasteiger partial charge in [0.2, 0.25) is 0 Å². The fourth-order valence-corrected chi connectivity index (χ4v) is 3.29. The van der Waals surface area contributed by atoms with Crippen molar-refractivity contribution in [3.05, 3.63) is 40.6 Å². The Morgan fingerprint density at radius 2 is 2.35 bits per heavy atom. The molecule has 4 heteroatoms. The van der Waals surface area contributed by atoms with E-state index < -0.39 is 0 Å². The first-order valence-corrected chi connectivity index (χ1v) is 8.02. The molecular weight excluding hydrogens is 314 g/mol. The number of hydrogen-bond acceptors (Lipinski definition) is 2. The minimum atomic E-state index is 0.706. The maximum Gasteiger partial charge on any atom is 0.0571 e. The van der Waals surface area contributed by atoms with Gasteiger partial charge in [0, 0.05) is 22.3 Å². The van der Waals surface area contributed by atoms with Crippen molar-refractivity contribution in [3.63, 3.8) is 0 Å². The quantitative estimate of drug-likeness (QED) is 0.929. The van der Waals surface area contributed by atoms with Crippen molar-refractivity contribution in [2.45, 2.75) is 26.3 Å². The summed E-state index contributed by atoms with van der Waals surface area (Å²) < 4.78 is 3.27. The van der Waals surface area contributed by atoms with Gasteiger partial charge in [-0.25, -0.2) is 0 Å². The lowest BCUT2D eigenvalue weighted by Crippen LogP contribution is -2.32. The Morgan fingerprint density at radius 3 is 3.10 bits per heavy atom. The van der Waals surface area contributed by atoms with Gasteiger partial charge in [-0.05, 0) is 56.5 Å². The van der Waals surface area contributed by atoms with E-state index in [1.807, 2.05) is 6.20 Å². The zero-order valence-corrected chi connectivity index (χ0v) is 13.4. The highest BCUT2D eigenvalue weighted by atomic mass is 79.9. The van der Waals surface area contributed by atoms with E-state index in [0.717, 1.165) is 24.1 Å². The first-order chi connectivity index (χ1) is 9.74. The van der Waals surface area contributed by atoms with Gasteiger partial charge in [-0.3, -0.25) is 4.68 Å². The van der Waals surface area contributed by atoms with E-state index >= 15 is 0 Å². The molecule has 3 rings (SSSR count). The van der Waals surface area contributed by atoms with Crippen molar-refractivity contribution in [1.82, 2.24) is 15.1 Å². The lowest BCUT2D eigenvalue weighted by molar-refractivity contribution is 0.323. The Morgan fingerprint density at radius 1 is 1.45 bits per heavy atom. The zero-order chi connectivity index (χ0) is 13.9. The van der Waals surface area contributed by atoms with Crippen LogP contribution in [-0.4, -0.2) is 22.9 Å². The number of benzene rings is 1. The van der Waals surface area contributed by atoms with Gasteiger partial charge in [0.1, 0.15) is 0 Å². The normalized spacial score (nSPS) is 19.2. The van der Waals surface area contributed by atoms with Crippen LogP contribution in [0.5, 0.6) is 0 Å². The summed E-state index contributed by atoms with van der Waals surface area (Å²) in [7, 11) is 0. The molecule has 3 nitrogen and oxygen atoms in total. The number of piperidine rings is 1. The van der Waals surface area contributed by atoms with E-state index in [4.69, 9.17) is 0 Å². The van der Waals surface area contributed by atoms with Crippen LogP contribution in [0.2, 0.25) is 0 Å². The monoisotopic (exact) mass is 333 g/mol. The van der Waals surface area contributed by atoms with Gasteiger partial charge in [0.05, 0.1) is 6.20 Å². The molecule has 1 atom stereocenters. The summed E-state index contributed by atoms with van der Waals surface area (Å²) >= 11 is 3.53. The lowest BCUT2D eigenvalue weighted by atomic mass is 9.99. The van der Waals surface area contributed by atoms with Crippen LogP contribution in [0.25, 0.3) is 11.1 Å². The van der Waals surface area contributed by atoms with Crippen LogP contribution in [0, 0.1) is 12.8 Å². The minimum Gasteiger partial charge on any atom is -0.316 e. The highest BCUT2D eigenvalue weighted by molar-refractivity contribution is 9.10. The molecule has 0 aliphatic carbocycles. The van der Waals surface area contributed by atoms with Crippen molar-refractivity contribution >= 4 is 15.9 Å². The molecule has 2 aromatic rings. The van der Waals surface area contributed by atoms with Crippen LogP contribution in [0.4, 0.5) is 0 Å². The molecule has 1 aromatic carbocycles. The van der Waals surface area contributed by atoms with Crippen molar-refractivity contribution in [2.75, 3.05) is 13.1 Å². The molecule has 0 radical (unpaired) electrons. The summed E-state index contributed by atoms with van der Waals surface area (Å²) in [6.07, 6.45) is 4.58. The Balaban J connectivity index is 1.81. The molecule has 2 heterocycles. The Labute approximate surface area is 128 Å². The Kier molecular flexibility index (Phi) is 4.22. The predicted octanol–water partition coefficient (Wildman–Crippen LogP) is 3.62. The first kappa shape index (κ1) is 13.8. The highest BCUT2D eigenvalue weighted by Gasteiger charge is 2.16. The summed E-state index contributed by atoms with van der Waals surface area (Å²) in [5.41, 5.74) is 3.72. The van der Waals surface area contributed by atoms with E-state index in [-0.39, 0.29) is 0 Å². The van der Waals surface area contributed by atoms with Gasteiger partial charge in [0.15, 0.2) is 0 Å². The minimum absolute atomic E-state index is 0.706. The largest absolute Gasteiger partial charge is 0.316 e. The molecule has 0 saturated carbocycles. The molecule has 0 spiro atoms. The second kappa shape index (κ2) is 6.10. The van der Waals surface area contributed by atoms with Crippen molar-refractivity contribution in [2.24, 2.45) is 5.92 Å². The Hall–Kier alpha value is -1.13. The van der Waals surface area contributed by atoms with Crippen LogP contribution < -0.4 is 5.32 Å². The molecule has 1 unspecified atom stereocenters. The van der Waals surface area contributed by atoms with Crippen LogP contribution in [0.3, 0.4) is 0 Å². The van der Waals surface area contributed by atoms with Crippen molar-refractivity contribution in [1.29, 1.82) is 0 Å². The average molecular weight is 334 g/mol. The molecule has 1 saturated heterocycles.